The SMILES string of the molecule is [2H]C([2H])(C)c1cnc(CCC([2H])([2H])C2(F)C([2H])([2H])CN(C(=O)c3ccc(F)c(Cl)c3)C([2H])([2H])C2([2H])[2H])nc1. The van der Waals surface area contributed by atoms with Crippen molar-refractivity contribution in [2.75, 3.05) is 13.0 Å². The molecule has 150 valence electrons. The van der Waals surface area contributed by atoms with Gasteiger partial charge in [-0.15, -0.1) is 0 Å². The molecule has 1 saturated heterocycles. The van der Waals surface area contributed by atoms with E-state index in [1.165, 1.54) is 6.92 Å². The van der Waals surface area contributed by atoms with Gasteiger partial charge in [0.25, 0.3) is 5.91 Å². The highest BCUT2D eigenvalue weighted by molar-refractivity contribution is 6.31. The van der Waals surface area contributed by atoms with Crippen LogP contribution in [-0.4, -0.2) is 39.5 Å². The summed E-state index contributed by atoms with van der Waals surface area (Å²) in [7, 11) is 0. The monoisotopic (exact) mass is 417 g/mol. The Labute approximate surface area is 183 Å². The number of benzene rings is 1. The highest BCUT2D eigenvalue weighted by Crippen LogP contribution is 2.32. The van der Waals surface area contributed by atoms with Crippen LogP contribution in [0.15, 0.2) is 30.6 Å². The molecule has 1 unspecified atom stereocenters. The third-order valence-corrected chi connectivity index (χ3v) is 4.26. The van der Waals surface area contributed by atoms with Crippen LogP contribution in [0.4, 0.5) is 8.78 Å². The second-order valence-corrected chi connectivity index (χ2v) is 6.31. The summed E-state index contributed by atoms with van der Waals surface area (Å²) < 4.78 is 112. The molecule has 0 bridgehead atoms. The predicted molar refractivity (Wildman–Crippen MR) is 105 cm³/mol. The zero-order valence-electron chi connectivity index (χ0n) is 24.9. The number of aryl methyl sites for hydroxylation is 2. The Morgan fingerprint density at radius 1 is 1.39 bits per heavy atom. The summed E-state index contributed by atoms with van der Waals surface area (Å²) >= 11 is 5.68. The average Bonchev–Trinajstić information content (AvgIpc) is 2.80. The van der Waals surface area contributed by atoms with Crippen molar-refractivity contribution in [1.29, 1.82) is 0 Å². The number of amides is 1. The van der Waals surface area contributed by atoms with Crippen molar-refractivity contribution in [2.45, 2.75) is 50.9 Å². The zero-order valence-corrected chi connectivity index (χ0v) is 15.6. The third kappa shape index (κ3) is 5.04. The largest absolute Gasteiger partial charge is 0.338 e. The van der Waals surface area contributed by atoms with Crippen molar-refractivity contribution < 1.29 is 27.3 Å². The van der Waals surface area contributed by atoms with Gasteiger partial charge in [-0.2, -0.15) is 0 Å². The van der Waals surface area contributed by atoms with Crippen LogP contribution in [0.2, 0.25) is 5.02 Å². The van der Waals surface area contributed by atoms with E-state index in [1.54, 1.807) is 0 Å². The van der Waals surface area contributed by atoms with Crippen molar-refractivity contribution >= 4 is 17.5 Å². The minimum absolute atomic E-state index is 0.0459. The molecule has 1 fully saturated rings. The summed E-state index contributed by atoms with van der Waals surface area (Å²) in [6.07, 6.45) is -11.4. The lowest BCUT2D eigenvalue weighted by Gasteiger charge is -2.36. The van der Waals surface area contributed by atoms with Gasteiger partial charge in [0, 0.05) is 51.1 Å². The molecule has 3 rings (SSSR count). The molecule has 1 atom stereocenters. The molecule has 2 heterocycles. The van der Waals surface area contributed by atoms with E-state index in [2.05, 4.69) is 9.97 Å². The number of carbonyl (C=O) groups is 1. The Morgan fingerprint density at radius 3 is 2.82 bits per heavy atom. The molecule has 1 amide bonds. The summed E-state index contributed by atoms with van der Waals surface area (Å²) in [5.74, 6) is -2.23. The molecule has 0 spiro atoms. The van der Waals surface area contributed by atoms with Crippen LogP contribution in [0.3, 0.4) is 0 Å². The molecule has 0 saturated carbocycles. The van der Waals surface area contributed by atoms with E-state index in [-0.39, 0.29) is 16.3 Å². The van der Waals surface area contributed by atoms with Crippen molar-refractivity contribution in [1.82, 2.24) is 14.9 Å². The van der Waals surface area contributed by atoms with E-state index in [1.807, 2.05) is 0 Å². The van der Waals surface area contributed by atoms with E-state index in [0.717, 1.165) is 30.6 Å². The quantitative estimate of drug-likeness (QED) is 0.678. The maximum atomic E-state index is 16.6. The van der Waals surface area contributed by atoms with Crippen molar-refractivity contribution in [3.05, 3.63) is 58.4 Å². The van der Waals surface area contributed by atoms with Crippen LogP contribution >= 0.6 is 11.6 Å². The Hall–Kier alpha value is -2.08. The molecule has 0 aliphatic carbocycles. The van der Waals surface area contributed by atoms with E-state index in [4.69, 9.17) is 25.3 Å². The molecule has 2 aromatic rings. The lowest BCUT2D eigenvalue weighted by molar-refractivity contribution is 0.0389. The van der Waals surface area contributed by atoms with Crippen LogP contribution in [0.5, 0.6) is 0 Å². The summed E-state index contributed by atoms with van der Waals surface area (Å²) in [4.78, 5) is 21.0. The summed E-state index contributed by atoms with van der Waals surface area (Å²) in [5, 5.41) is -0.499. The number of hydrogen-bond donors (Lipinski definition) is 0. The van der Waals surface area contributed by atoms with Gasteiger partial charge in [-0.25, -0.2) is 18.7 Å². The Kier molecular flexibility index (Phi) is 3.58. The fourth-order valence-electron chi connectivity index (χ4n) is 2.39. The minimum atomic E-state index is -4.10. The Morgan fingerprint density at radius 2 is 2.14 bits per heavy atom. The van der Waals surface area contributed by atoms with Crippen LogP contribution in [-0.2, 0) is 12.8 Å². The van der Waals surface area contributed by atoms with E-state index < -0.39 is 79.4 Å². The first kappa shape index (κ1) is 11.2. The summed E-state index contributed by atoms with van der Waals surface area (Å²) in [6, 6.07) is 2.57. The number of hydrogen-bond acceptors (Lipinski definition) is 3. The number of alkyl halides is 1. The smallest absolute Gasteiger partial charge is 0.253 e. The molecule has 1 aromatic heterocycles. The number of aromatic nitrogens is 2. The molecule has 0 N–H and O–H groups in total. The van der Waals surface area contributed by atoms with Crippen LogP contribution in [0.1, 0.15) is 67.9 Å². The van der Waals surface area contributed by atoms with E-state index in [0.29, 0.717) is 0 Å². The molecule has 1 aromatic carbocycles. The van der Waals surface area contributed by atoms with Crippen molar-refractivity contribution in [3.63, 3.8) is 0 Å². The number of carbonyl (C=O) groups excluding carboxylic acids is 1. The van der Waals surface area contributed by atoms with Crippen molar-refractivity contribution in [3.8, 4) is 0 Å². The fraction of sp³-hybridized carbons (Fsp3) is 0.476. The van der Waals surface area contributed by atoms with Gasteiger partial charge in [-0.1, -0.05) is 18.5 Å². The highest BCUT2D eigenvalue weighted by Gasteiger charge is 2.35. The summed E-state index contributed by atoms with van der Waals surface area (Å²) in [5.41, 5.74) is -4.38. The van der Waals surface area contributed by atoms with Crippen LogP contribution < -0.4 is 0 Å². The van der Waals surface area contributed by atoms with Gasteiger partial charge in [0.1, 0.15) is 17.3 Å². The minimum Gasteiger partial charge on any atom is -0.338 e. The molecule has 7 heteroatoms. The van der Waals surface area contributed by atoms with Crippen LogP contribution in [0, 0.1) is 5.82 Å². The van der Waals surface area contributed by atoms with Crippen LogP contribution in [0.25, 0.3) is 0 Å². The normalized spacial score (nSPS) is 31.4. The third-order valence-electron chi connectivity index (χ3n) is 3.97. The first-order valence-corrected chi connectivity index (χ1v) is 8.75. The molecule has 1 aliphatic heterocycles. The first-order chi connectivity index (χ1) is 17.1. The Bertz CT molecular complexity index is 1230. The first-order valence-electron chi connectivity index (χ1n) is 13.4. The maximum absolute atomic E-state index is 16.6. The average molecular weight is 418 g/mol. The molecular formula is C21H24ClF2N3O. The number of rotatable bonds is 6. The number of piperidine rings is 1. The predicted octanol–water partition coefficient (Wildman–Crippen LogP) is 4.80. The second-order valence-electron chi connectivity index (χ2n) is 5.91. The number of likely N-dealkylation sites (tertiary alicyclic amines) is 1. The highest BCUT2D eigenvalue weighted by atomic mass is 35.5. The molecule has 0 radical (unpaired) electrons. The zero-order chi connectivity index (χ0) is 29.1. The summed E-state index contributed by atoms with van der Waals surface area (Å²) in [6.45, 7) is -3.64. The molecule has 4 nitrogen and oxygen atoms in total. The number of nitrogens with zero attached hydrogens (tertiary/aromatic N) is 3. The van der Waals surface area contributed by atoms with Gasteiger partial charge in [0.2, 0.25) is 0 Å². The fourth-order valence-corrected chi connectivity index (χ4v) is 2.57. The van der Waals surface area contributed by atoms with E-state index >= 15 is 4.39 Å². The second kappa shape index (κ2) is 8.95. The topological polar surface area (TPSA) is 46.1 Å². The van der Waals surface area contributed by atoms with Gasteiger partial charge in [-0.3, -0.25) is 4.79 Å². The molecule has 28 heavy (non-hydrogen) atoms. The van der Waals surface area contributed by atoms with Gasteiger partial charge < -0.3 is 4.90 Å². The standard InChI is InChI=1S/C21H24ClF2N3O/c1-2-15-13-25-19(26-14-15)4-3-7-21(24)8-10-27(11-9-21)20(28)16-5-6-18(23)17(22)12-16/h5-6,12-14H,2-4,7-11H2,1H3/i2D2,7D2,8D2,9D2,10D2. The lowest BCUT2D eigenvalue weighted by Crippen LogP contribution is -2.44. The van der Waals surface area contributed by atoms with Gasteiger partial charge >= 0.3 is 0 Å². The number of halogens is 3. The lowest BCUT2D eigenvalue weighted by atomic mass is 9.88. The van der Waals surface area contributed by atoms with Crippen molar-refractivity contribution in [2.24, 2.45) is 0 Å². The van der Waals surface area contributed by atoms with Gasteiger partial charge in [-0.05, 0) is 55.7 Å². The Balaban J connectivity index is 1.96. The van der Waals surface area contributed by atoms with E-state index in [9.17, 15) is 9.18 Å². The molecular weight excluding hydrogens is 384 g/mol. The van der Waals surface area contributed by atoms with Gasteiger partial charge in [0.05, 0.1) is 5.02 Å². The maximum Gasteiger partial charge on any atom is 0.253 e. The molecule has 1 aliphatic rings. The van der Waals surface area contributed by atoms with Gasteiger partial charge in [0.15, 0.2) is 0 Å².